The van der Waals surface area contributed by atoms with Gasteiger partial charge in [-0.05, 0) is 19.3 Å². The van der Waals surface area contributed by atoms with Crippen molar-refractivity contribution in [3.8, 4) is 0 Å². The summed E-state index contributed by atoms with van der Waals surface area (Å²) >= 11 is 0. The summed E-state index contributed by atoms with van der Waals surface area (Å²) in [5, 5.41) is 2.54. The molecule has 176 valence electrons. The number of nitrogens with two attached hydrogens (primary N) is 2. The van der Waals surface area contributed by atoms with Crippen LogP contribution in [0.25, 0.3) is 0 Å². The fraction of sp³-hybridized carbons (Fsp3) is 0.800. The number of nitrogens with zero attached hydrogens (tertiary/aromatic N) is 3. The molecule has 2 aliphatic heterocycles. The minimum atomic E-state index is -2.94. The SMILES string of the molecule is CCCCCN=C(N)NC(=O)[C@@H]1CCCN1C(=O)C[C@H](N)CN1CC(F)(F)CCC1=O. The van der Waals surface area contributed by atoms with E-state index in [9.17, 15) is 23.2 Å². The molecule has 31 heavy (non-hydrogen) atoms. The van der Waals surface area contributed by atoms with Crippen LogP contribution >= 0.6 is 0 Å². The van der Waals surface area contributed by atoms with Crippen molar-refractivity contribution >= 4 is 23.7 Å². The largest absolute Gasteiger partial charge is 0.370 e. The molecule has 0 aromatic rings. The molecule has 0 aromatic heterocycles. The highest BCUT2D eigenvalue weighted by molar-refractivity contribution is 6.00. The van der Waals surface area contributed by atoms with E-state index in [1.165, 1.54) is 4.90 Å². The lowest BCUT2D eigenvalue weighted by Gasteiger charge is -2.34. The van der Waals surface area contributed by atoms with Crippen LogP contribution in [-0.2, 0) is 14.4 Å². The molecule has 2 saturated heterocycles. The molecule has 0 saturated carbocycles. The molecule has 0 radical (unpaired) electrons. The lowest BCUT2D eigenvalue weighted by atomic mass is 10.0. The molecule has 0 unspecified atom stereocenters. The van der Waals surface area contributed by atoms with E-state index >= 15 is 0 Å². The second-order valence-corrected chi connectivity index (χ2v) is 8.30. The van der Waals surface area contributed by atoms with E-state index in [0.717, 1.165) is 24.2 Å². The molecule has 3 amide bonds. The maximum atomic E-state index is 13.6. The van der Waals surface area contributed by atoms with Gasteiger partial charge in [-0.3, -0.25) is 24.7 Å². The molecule has 2 atom stereocenters. The Hall–Kier alpha value is -2.30. The zero-order valence-electron chi connectivity index (χ0n) is 18.1. The van der Waals surface area contributed by atoms with Crippen LogP contribution in [0, 0.1) is 0 Å². The Morgan fingerprint density at radius 3 is 2.81 bits per heavy atom. The van der Waals surface area contributed by atoms with E-state index < -0.39 is 36.9 Å². The van der Waals surface area contributed by atoms with Crippen molar-refractivity contribution in [3.63, 3.8) is 0 Å². The van der Waals surface area contributed by atoms with Gasteiger partial charge in [-0.25, -0.2) is 8.78 Å². The number of guanidine groups is 1. The summed E-state index contributed by atoms with van der Waals surface area (Å²) < 4.78 is 27.1. The number of piperidine rings is 1. The average molecular weight is 445 g/mol. The van der Waals surface area contributed by atoms with E-state index in [1.54, 1.807) is 0 Å². The van der Waals surface area contributed by atoms with Crippen molar-refractivity contribution in [2.75, 3.05) is 26.2 Å². The van der Waals surface area contributed by atoms with Crippen molar-refractivity contribution in [2.45, 2.75) is 76.3 Å². The number of hydrogen-bond donors (Lipinski definition) is 3. The summed E-state index contributed by atoms with van der Waals surface area (Å²) in [6.07, 6.45) is 3.27. The maximum Gasteiger partial charge on any atom is 0.265 e. The number of unbranched alkanes of at least 4 members (excludes halogenated alkanes) is 2. The van der Waals surface area contributed by atoms with Crippen LogP contribution in [0.1, 0.15) is 58.3 Å². The first-order chi connectivity index (χ1) is 14.6. The third-order valence-electron chi connectivity index (χ3n) is 5.54. The predicted molar refractivity (Wildman–Crippen MR) is 112 cm³/mol. The first kappa shape index (κ1) is 25.0. The van der Waals surface area contributed by atoms with Gasteiger partial charge in [0.1, 0.15) is 6.04 Å². The fourth-order valence-corrected chi connectivity index (χ4v) is 3.90. The number of likely N-dealkylation sites (tertiary alicyclic amines) is 2. The van der Waals surface area contributed by atoms with Gasteiger partial charge in [-0.2, -0.15) is 0 Å². The smallest absolute Gasteiger partial charge is 0.265 e. The Balaban J connectivity index is 1.86. The topological polar surface area (TPSA) is 134 Å². The van der Waals surface area contributed by atoms with Crippen molar-refractivity contribution in [2.24, 2.45) is 16.5 Å². The van der Waals surface area contributed by atoms with Crippen molar-refractivity contribution < 1.29 is 23.2 Å². The molecule has 2 fully saturated rings. The molecule has 0 spiro atoms. The van der Waals surface area contributed by atoms with Gasteiger partial charge in [-0.15, -0.1) is 0 Å². The van der Waals surface area contributed by atoms with Crippen LogP contribution in [0.15, 0.2) is 4.99 Å². The molecule has 0 aromatic carbocycles. The molecule has 0 bridgehead atoms. The first-order valence-electron chi connectivity index (χ1n) is 10.9. The van der Waals surface area contributed by atoms with Crippen LogP contribution in [-0.4, -0.2) is 77.7 Å². The minimum absolute atomic E-state index is 0.0293. The van der Waals surface area contributed by atoms with E-state index in [2.05, 4.69) is 17.2 Å². The Kier molecular flexibility index (Phi) is 9.15. The number of hydrogen-bond acceptors (Lipinski definition) is 5. The van der Waals surface area contributed by atoms with Gasteiger partial charge >= 0.3 is 0 Å². The summed E-state index contributed by atoms with van der Waals surface area (Å²) in [4.78, 5) is 43.7. The average Bonchev–Trinajstić information content (AvgIpc) is 3.18. The van der Waals surface area contributed by atoms with Crippen LogP contribution in [0.5, 0.6) is 0 Å². The second kappa shape index (κ2) is 11.4. The van der Waals surface area contributed by atoms with Crippen LogP contribution in [0.4, 0.5) is 8.78 Å². The Bertz CT molecular complexity index is 688. The Labute approximate surface area is 181 Å². The van der Waals surface area contributed by atoms with Crippen LogP contribution < -0.4 is 16.8 Å². The highest BCUT2D eigenvalue weighted by Crippen LogP contribution is 2.27. The number of rotatable bonds is 9. The molecule has 9 nitrogen and oxygen atoms in total. The number of alkyl halides is 2. The monoisotopic (exact) mass is 444 g/mol. The van der Waals surface area contributed by atoms with Gasteiger partial charge in [0.15, 0.2) is 5.96 Å². The second-order valence-electron chi connectivity index (χ2n) is 8.30. The zero-order chi connectivity index (χ0) is 23.0. The molecular formula is C20H34F2N6O3. The molecule has 2 rings (SSSR count). The van der Waals surface area contributed by atoms with Gasteiger partial charge in [0.2, 0.25) is 17.7 Å². The molecule has 11 heteroatoms. The van der Waals surface area contributed by atoms with Gasteiger partial charge in [0.05, 0.1) is 6.54 Å². The molecule has 0 aliphatic carbocycles. The Morgan fingerprint density at radius 2 is 2.10 bits per heavy atom. The normalized spacial score (nSPS) is 22.5. The number of carbonyl (C=O) groups excluding carboxylic acids is 3. The third kappa shape index (κ3) is 7.71. The van der Waals surface area contributed by atoms with E-state index in [-0.39, 0.29) is 37.2 Å². The number of nitrogens with one attached hydrogen (secondary N) is 1. The number of aliphatic imine (C=N–C) groups is 1. The van der Waals surface area contributed by atoms with E-state index in [1.807, 2.05) is 0 Å². The van der Waals surface area contributed by atoms with Crippen molar-refractivity contribution in [1.29, 1.82) is 0 Å². The predicted octanol–water partition coefficient (Wildman–Crippen LogP) is 0.574. The quantitative estimate of drug-likeness (QED) is 0.272. The van der Waals surface area contributed by atoms with Gasteiger partial charge in [0, 0.05) is 44.9 Å². The molecule has 2 heterocycles. The third-order valence-corrected chi connectivity index (χ3v) is 5.54. The molecular weight excluding hydrogens is 410 g/mol. The summed E-state index contributed by atoms with van der Waals surface area (Å²) in [5.74, 6) is -4.04. The van der Waals surface area contributed by atoms with E-state index in [4.69, 9.17) is 11.5 Å². The standard InChI is InChI=1S/C20H34F2N6O3/c1-2-3-4-9-25-19(24)26-18(31)15-6-5-10-28(15)17(30)11-14(23)12-27-13-20(21,22)8-7-16(27)29/h14-15H,2-13,23H2,1H3,(H3,24,25,26,31)/t14-,15-/m0/s1. The first-order valence-corrected chi connectivity index (χ1v) is 10.9. The van der Waals surface area contributed by atoms with Crippen LogP contribution in [0.2, 0.25) is 0 Å². The highest BCUT2D eigenvalue weighted by atomic mass is 19.3. The molecule has 5 N–H and O–H groups in total. The van der Waals surface area contributed by atoms with Gasteiger partial charge in [-0.1, -0.05) is 19.8 Å². The highest BCUT2D eigenvalue weighted by Gasteiger charge is 2.40. The van der Waals surface area contributed by atoms with Crippen molar-refractivity contribution in [3.05, 3.63) is 0 Å². The fourth-order valence-electron chi connectivity index (χ4n) is 3.90. The molecule has 2 aliphatic rings. The van der Waals surface area contributed by atoms with Gasteiger partial charge in [0.25, 0.3) is 5.92 Å². The summed E-state index contributed by atoms with van der Waals surface area (Å²) in [7, 11) is 0. The zero-order valence-corrected chi connectivity index (χ0v) is 18.1. The summed E-state index contributed by atoms with van der Waals surface area (Å²) in [6, 6.07) is -1.47. The minimum Gasteiger partial charge on any atom is -0.370 e. The summed E-state index contributed by atoms with van der Waals surface area (Å²) in [5.41, 5.74) is 11.7. The maximum absolute atomic E-state index is 13.6. The van der Waals surface area contributed by atoms with E-state index in [0.29, 0.717) is 25.9 Å². The number of carbonyl (C=O) groups is 3. The van der Waals surface area contributed by atoms with Crippen LogP contribution in [0.3, 0.4) is 0 Å². The Morgan fingerprint density at radius 1 is 1.35 bits per heavy atom. The lowest BCUT2D eigenvalue weighted by molar-refractivity contribution is -0.148. The van der Waals surface area contributed by atoms with Crippen molar-refractivity contribution in [1.82, 2.24) is 15.1 Å². The summed E-state index contributed by atoms with van der Waals surface area (Å²) in [6.45, 7) is 2.20. The lowest BCUT2D eigenvalue weighted by Crippen LogP contribution is -2.52. The number of halogens is 2. The number of amides is 3. The van der Waals surface area contributed by atoms with Gasteiger partial charge < -0.3 is 21.3 Å².